The number of benzene rings is 2. The van der Waals surface area contributed by atoms with E-state index in [1.807, 2.05) is 0 Å². The van der Waals surface area contributed by atoms with Crippen molar-refractivity contribution in [2.45, 2.75) is 9.10 Å². The molecule has 25 heavy (non-hydrogen) atoms. The molecule has 0 aliphatic carbocycles. The van der Waals surface area contributed by atoms with Crippen molar-refractivity contribution in [3.05, 3.63) is 59.6 Å². The Bertz CT molecular complexity index is 1160. The lowest BCUT2D eigenvalue weighted by Crippen LogP contribution is -2.01. The highest BCUT2D eigenvalue weighted by molar-refractivity contribution is 7.93. The van der Waals surface area contributed by atoms with Crippen LogP contribution >= 0.6 is 22.9 Å². The third-order valence-corrected chi connectivity index (χ3v) is 7.46. The Kier molecular flexibility index (Phi) is 3.79. The van der Waals surface area contributed by atoms with Gasteiger partial charge in [0.05, 0.1) is 10.3 Å². The highest BCUT2D eigenvalue weighted by atomic mass is 35.5. The van der Waals surface area contributed by atoms with Gasteiger partial charge in [0.25, 0.3) is 0 Å². The second kappa shape index (κ2) is 5.87. The van der Waals surface area contributed by atoms with Crippen LogP contribution in [0.5, 0.6) is 0 Å². The van der Waals surface area contributed by atoms with Gasteiger partial charge in [-0.05, 0) is 29.8 Å². The Morgan fingerprint density at radius 1 is 1.04 bits per heavy atom. The van der Waals surface area contributed by atoms with E-state index in [1.54, 1.807) is 54.6 Å². The number of sulfone groups is 1. The molecule has 126 valence electrons. The minimum Gasteiger partial charge on any atom is -0.384 e. The molecular formula is C17H12ClN3O2S2. The highest BCUT2D eigenvalue weighted by Crippen LogP contribution is 2.45. The van der Waals surface area contributed by atoms with Gasteiger partial charge >= 0.3 is 0 Å². The van der Waals surface area contributed by atoms with Gasteiger partial charge in [-0.3, -0.25) is 5.10 Å². The molecule has 0 saturated carbocycles. The van der Waals surface area contributed by atoms with E-state index in [4.69, 9.17) is 17.3 Å². The molecule has 4 rings (SSSR count). The molecule has 5 nitrogen and oxygen atoms in total. The molecule has 0 aliphatic heterocycles. The molecule has 0 spiro atoms. The largest absolute Gasteiger partial charge is 0.384 e. The number of nitrogen functional groups attached to an aromatic ring is 1. The first-order valence-corrected chi connectivity index (χ1v) is 9.98. The molecule has 2 heterocycles. The van der Waals surface area contributed by atoms with Crippen molar-refractivity contribution >= 4 is 48.8 Å². The van der Waals surface area contributed by atoms with E-state index < -0.39 is 9.84 Å². The SMILES string of the molecule is Nc1[nH]nc2sc(S(=O)(=O)c3ccccc3)c(-c3ccc(Cl)cc3)c12. The summed E-state index contributed by atoms with van der Waals surface area (Å²) in [6, 6.07) is 15.3. The van der Waals surface area contributed by atoms with Crippen LogP contribution in [0.25, 0.3) is 21.3 Å². The van der Waals surface area contributed by atoms with Crippen LogP contribution in [-0.2, 0) is 9.84 Å². The van der Waals surface area contributed by atoms with Gasteiger partial charge in [0, 0.05) is 10.6 Å². The van der Waals surface area contributed by atoms with E-state index in [2.05, 4.69) is 10.2 Å². The number of nitrogens with zero attached hydrogens (tertiary/aromatic N) is 1. The number of nitrogens with two attached hydrogens (primary N) is 1. The number of aromatic amines is 1. The summed E-state index contributed by atoms with van der Waals surface area (Å²) in [5, 5.41) is 8.03. The summed E-state index contributed by atoms with van der Waals surface area (Å²) in [6.45, 7) is 0. The number of anilines is 1. The fourth-order valence-corrected chi connectivity index (χ4v) is 5.88. The zero-order valence-corrected chi connectivity index (χ0v) is 15.1. The minimum atomic E-state index is -3.70. The number of rotatable bonds is 3. The third-order valence-electron chi connectivity index (χ3n) is 3.84. The van der Waals surface area contributed by atoms with Crippen LogP contribution < -0.4 is 5.73 Å². The Morgan fingerprint density at radius 2 is 1.72 bits per heavy atom. The molecule has 0 amide bonds. The molecule has 0 bridgehead atoms. The molecule has 0 atom stereocenters. The Morgan fingerprint density at radius 3 is 2.40 bits per heavy atom. The first kappa shape index (κ1) is 16.1. The maximum Gasteiger partial charge on any atom is 0.216 e. The van der Waals surface area contributed by atoms with Crippen molar-refractivity contribution in [2.24, 2.45) is 0 Å². The fraction of sp³-hybridized carbons (Fsp3) is 0. The van der Waals surface area contributed by atoms with Gasteiger partial charge in [-0.25, -0.2) is 8.42 Å². The number of hydrogen-bond donors (Lipinski definition) is 2. The fourth-order valence-electron chi connectivity index (χ4n) is 2.67. The van der Waals surface area contributed by atoms with Crippen LogP contribution in [0.3, 0.4) is 0 Å². The molecule has 2 aromatic heterocycles. The van der Waals surface area contributed by atoms with Crippen LogP contribution in [0.15, 0.2) is 63.7 Å². The van der Waals surface area contributed by atoms with Crippen molar-refractivity contribution in [1.82, 2.24) is 10.2 Å². The van der Waals surface area contributed by atoms with Crippen molar-refractivity contribution in [1.29, 1.82) is 0 Å². The zero-order chi connectivity index (χ0) is 17.6. The summed E-state index contributed by atoms with van der Waals surface area (Å²) in [5.41, 5.74) is 7.28. The number of nitrogens with one attached hydrogen (secondary N) is 1. The summed E-state index contributed by atoms with van der Waals surface area (Å²) in [4.78, 5) is 0.786. The topological polar surface area (TPSA) is 88.8 Å². The van der Waals surface area contributed by atoms with Gasteiger partial charge in [0.15, 0.2) is 0 Å². The molecule has 8 heteroatoms. The van der Waals surface area contributed by atoms with Gasteiger partial charge in [-0.15, -0.1) is 11.3 Å². The van der Waals surface area contributed by atoms with E-state index in [9.17, 15) is 8.42 Å². The Labute approximate surface area is 153 Å². The summed E-state index contributed by atoms with van der Waals surface area (Å²) < 4.78 is 26.6. The van der Waals surface area contributed by atoms with Crippen LogP contribution in [0.2, 0.25) is 5.02 Å². The van der Waals surface area contributed by atoms with Gasteiger partial charge in [-0.2, -0.15) is 5.10 Å². The molecule has 2 aromatic carbocycles. The number of fused-ring (bicyclic) bond motifs is 1. The second-order valence-corrected chi connectivity index (χ2v) is 8.99. The zero-order valence-electron chi connectivity index (χ0n) is 12.7. The quantitative estimate of drug-likeness (QED) is 0.544. The molecule has 0 aliphatic rings. The van der Waals surface area contributed by atoms with Crippen molar-refractivity contribution in [3.8, 4) is 11.1 Å². The predicted octanol–water partition coefficient (Wildman–Crippen LogP) is 4.36. The third kappa shape index (κ3) is 2.60. The van der Waals surface area contributed by atoms with Crippen LogP contribution in [0.1, 0.15) is 0 Å². The lowest BCUT2D eigenvalue weighted by molar-refractivity contribution is 0.598. The van der Waals surface area contributed by atoms with Crippen molar-refractivity contribution < 1.29 is 8.42 Å². The Hall–Kier alpha value is -2.35. The standard InChI is InChI=1S/C17H12ClN3O2S2/c18-11-8-6-10(7-9-11)13-14-15(19)20-21-16(14)24-17(13)25(22,23)12-4-2-1-3-5-12/h1-9H,(H3,19,20,21). The van der Waals surface area contributed by atoms with Gasteiger partial charge in [0.2, 0.25) is 9.84 Å². The normalized spacial score (nSPS) is 11.9. The maximum absolute atomic E-state index is 13.2. The number of thiophene rings is 1. The van der Waals surface area contributed by atoms with E-state index in [0.717, 1.165) is 16.9 Å². The van der Waals surface area contributed by atoms with Crippen molar-refractivity contribution in [2.75, 3.05) is 5.73 Å². The maximum atomic E-state index is 13.2. The first-order valence-electron chi connectivity index (χ1n) is 7.31. The lowest BCUT2D eigenvalue weighted by atomic mass is 10.1. The van der Waals surface area contributed by atoms with Crippen LogP contribution in [0.4, 0.5) is 5.82 Å². The molecule has 0 unspecified atom stereocenters. The number of hydrogen-bond acceptors (Lipinski definition) is 5. The van der Waals surface area contributed by atoms with E-state index >= 15 is 0 Å². The summed E-state index contributed by atoms with van der Waals surface area (Å²) >= 11 is 7.07. The van der Waals surface area contributed by atoms with Crippen LogP contribution in [0, 0.1) is 0 Å². The van der Waals surface area contributed by atoms with E-state index in [0.29, 0.717) is 26.6 Å². The second-order valence-electron chi connectivity index (χ2n) is 5.41. The Balaban J connectivity index is 2.05. The van der Waals surface area contributed by atoms with Crippen molar-refractivity contribution in [3.63, 3.8) is 0 Å². The van der Waals surface area contributed by atoms with Crippen LogP contribution in [-0.4, -0.2) is 18.6 Å². The highest BCUT2D eigenvalue weighted by Gasteiger charge is 2.29. The van der Waals surface area contributed by atoms with E-state index in [-0.39, 0.29) is 9.10 Å². The molecular weight excluding hydrogens is 378 g/mol. The van der Waals surface area contributed by atoms with Gasteiger partial charge in [0.1, 0.15) is 14.9 Å². The summed E-state index contributed by atoms with van der Waals surface area (Å²) in [6.07, 6.45) is 0. The number of aromatic nitrogens is 2. The average molecular weight is 390 g/mol. The molecule has 0 fully saturated rings. The average Bonchev–Trinajstić information content (AvgIpc) is 3.17. The first-order chi connectivity index (χ1) is 12.0. The molecule has 4 aromatic rings. The monoisotopic (exact) mass is 389 g/mol. The van der Waals surface area contributed by atoms with Gasteiger partial charge in [-0.1, -0.05) is 41.9 Å². The minimum absolute atomic E-state index is 0.222. The number of halogens is 1. The predicted molar refractivity (Wildman–Crippen MR) is 101 cm³/mol. The molecule has 0 saturated heterocycles. The smallest absolute Gasteiger partial charge is 0.216 e. The van der Waals surface area contributed by atoms with E-state index in [1.165, 1.54) is 0 Å². The summed E-state index contributed by atoms with van der Waals surface area (Å²) in [7, 11) is -3.70. The molecule has 0 radical (unpaired) electrons. The number of H-pyrrole nitrogens is 1. The summed E-state index contributed by atoms with van der Waals surface area (Å²) in [5.74, 6) is 0.339. The van der Waals surface area contributed by atoms with Gasteiger partial charge < -0.3 is 5.73 Å². The lowest BCUT2D eigenvalue weighted by Gasteiger charge is -2.07. The molecule has 3 N–H and O–H groups in total.